The molecule has 2 saturated heterocycles. The Labute approximate surface area is 187 Å². The molecule has 32 heavy (non-hydrogen) atoms. The normalized spacial score (nSPS) is 40.6. The molecule has 0 saturated carbocycles. The van der Waals surface area contributed by atoms with Crippen LogP contribution in [0.3, 0.4) is 0 Å². The molecule has 3 heterocycles. The molecule has 2 fully saturated rings. The summed E-state index contributed by atoms with van der Waals surface area (Å²) < 4.78 is 18.6. The van der Waals surface area contributed by atoms with Crippen LogP contribution in [0.5, 0.6) is 0 Å². The van der Waals surface area contributed by atoms with Crippen molar-refractivity contribution >= 4 is 24.4 Å². The van der Waals surface area contributed by atoms with E-state index in [1.807, 2.05) is 0 Å². The van der Waals surface area contributed by atoms with Crippen molar-refractivity contribution in [2.75, 3.05) is 13.2 Å². The standard InChI is InChI=1S/C19H25NO11Se/c21-5-8-11(23)12(24)15(27)19(30-8)31-16-9(6-22)29-18(14(26)13(16)25)20-17(28)7-3-1-2-4-10(7)32-20/h1-4,8-9,11-16,18-19,21-27H,5-6H2/t8-,9-,11-,12+,13-,14-,15-,16-,18-,19-/m1/s1. The molecule has 0 unspecified atom stereocenters. The molecule has 0 aliphatic carbocycles. The van der Waals surface area contributed by atoms with Crippen molar-refractivity contribution < 1.29 is 50.0 Å². The maximum atomic E-state index is 12.8. The first-order valence-electron chi connectivity index (χ1n) is 9.97. The van der Waals surface area contributed by atoms with E-state index < -0.39 is 89.3 Å². The molecule has 12 nitrogen and oxygen atoms in total. The third-order valence-electron chi connectivity index (χ3n) is 5.72. The van der Waals surface area contributed by atoms with Gasteiger partial charge in [0.1, 0.15) is 0 Å². The van der Waals surface area contributed by atoms with Gasteiger partial charge in [-0.25, -0.2) is 0 Å². The Morgan fingerprint density at radius 3 is 2.22 bits per heavy atom. The van der Waals surface area contributed by atoms with E-state index in [2.05, 4.69) is 0 Å². The second-order valence-electron chi connectivity index (χ2n) is 7.75. The number of fused-ring (bicyclic) bond motifs is 1. The summed E-state index contributed by atoms with van der Waals surface area (Å²) in [4.78, 5) is 12.8. The van der Waals surface area contributed by atoms with E-state index in [4.69, 9.17) is 14.2 Å². The average molecular weight is 522 g/mol. The van der Waals surface area contributed by atoms with E-state index in [0.29, 0.717) is 5.39 Å². The van der Waals surface area contributed by atoms with E-state index in [9.17, 15) is 40.5 Å². The first-order valence-corrected chi connectivity index (χ1v) is 11.6. The monoisotopic (exact) mass is 523 g/mol. The summed E-state index contributed by atoms with van der Waals surface area (Å²) in [6, 6.07) is 6.93. The van der Waals surface area contributed by atoms with Gasteiger partial charge in [0.05, 0.1) is 0 Å². The van der Waals surface area contributed by atoms with Gasteiger partial charge in [0.15, 0.2) is 0 Å². The summed E-state index contributed by atoms with van der Waals surface area (Å²) in [6.45, 7) is -1.34. The van der Waals surface area contributed by atoms with Gasteiger partial charge in [-0.3, -0.25) is 0 Å². The predicted octanol–water partition coefficient (Wildman–Crippen LogP) is -4.14. The maximum absolute atomic E-state index is 12.8. The summed E-state index contributed by atoms with van der Waals surface area (Å²) >= 11 is -0.524. The zero-order valence-corrected chi connectivity index (χ0v) is 18.3. The number of aromatic nitrogens is 1. The van der Waals surface area contributed by atoms with Gasteiger partial charge in [-0.05, 0) is 0 Å². The Kier molecular flexibility index (Phi) is 7.17. The predicted molar refractivity (Wildman–Crippen MR) is 107 cm³/mol. The molecule has 2 aliphatic rings. The molecule has 1 aromatic carbocycles. The molecule has 7 N–H and O–H groups in total. The Balaban J connectivity index is 1.57. The van der Waals surface area contributed by atoms with Crippen molar-refractivity contribution in [1.29, 1.82) is 0 Å². The van der Waals surface area contributed by atoms with Gasteiger partial charge in [0.2, 0.25) is 0 Å². The number of nitrogens with zero attached hydrogens (tertiary/aromatic N) is 1. The van der Waals surface area contributed by atoms with Crippen molar-refractivity contribution in [3.63, 3.8) is 0 Å². The summed E-state index contributed by atoms with van der Waals surface area (Å²) in [6.07, 6.45) is -15.1. The molecular weight excluding hydrogens is 497 g/mol. The number of hydrogen-bond donors (Lipinski definition) is 7. The van der Waals surface area contributed by atoms with E-state index in [0.717, 1.165) is 4.26 Å². The van der Waals surface area contributed by atoms with Gasteiger partial charge in [0, 0.05) is 0 Å². The topological polar surface area (TPSA) is 191 Å². The second-order valence-corrected chi connectivity index (χ2v) is 9.88. The van der Waals surface area contributed by atoms with Crippen LogP contribution in [0, 0.1) is 0 Å². The van der Waals surface area contributed by atoms with Crippen LogP contribution in [0.25, 0.3) is 9.65 Å². The molecule has 0 spiro atoms. The minimum absolute atomic E-state index is 0.373. The number of aliphatic hydroxyl groups is 7. The summed E-state index contributed by atoms with van der Waals surface area (Å²) in [5.74, 6) is 0. The molecule has 0 bridgehead atoms. The Morgan fingerprint density at radius 2 is 1.56 bits per heavy atom. The van der Waals surface area contributed by atoms with Crippen LogP contribution < -0.4 is 5.56 Å². The Bertz CT molecular complexity index is 978. The van der Waals surface area contributed by atoms with E-state index in [-0.39, 0.29) is 5.56 Å². The summed E-state index contributed by atoms with van der Waals surface area (Å²) in [5.41, 5.74) is -0.373. The summed E-state index contributed by atoms with van der Waals surface area (Å²) in [5, 5.41) is 71.1. The number of benzene rings is 1. The number of rotatable bonds is 5. The van der Waals surface area contributed by atoms with Gasteiger partial charge < -0.3 is 0 Å². The van der Waals surface area contributed by atoms with Crippen LogP contribution in [0.1, 0.15) is 6.23 Å². The van der Waals surface area contributed by atoms with Crippen LogP contribution in [-0.2, 0) is 14.2 Å². The van der Waals surface area contributed by atoms with Crippen LogP contribution in [0.4, 0.5) is 0 Å². The number of aliphatic hydroxyl groups excluding tert-OH is 7. The molecule has 0 radical (unpaired) electrons. The van der Waals surface area contributed by atoms with Gasteiger partial charge >= 0.3 is 187 Å². The van der Waals surface area contributed by atoms with Crippen LogP contribution in [-0.4, -0.2) is 122 Å². The van der Waals surface area contributed by atoms with E-state index in [1.165, 1.54) is 3.56 Å². The molecule has 0 amide bonds. The minimum atomic E-state index is -1.74. The van der Waals surface area contributed by atoms with Gasteiger partial charge in [0.25, 0.3) is 0 Å². The Hall–Kier alpha value is -1.19. The number of ether oxygens (including phenoxy) is 3. The Morgan fingerprint density at radius 1 is 0.875 bits per heavy atom. The summed E-state index contributed by atoms with van der Waals surface area (Å²) in [7, 11) is 0. The van der Waals surface area contributed by atoms with Gasteiger partial charge in [-0.2, -0.15) is 0 Å². The SMILES string of the molecule is O=c1c2ccccc2[se]n1[C@@H]1O[C@H](CO)[C@@H](O[C@H]2O[C@H](CO)[C@@H](O)[C@H](O)[C@H]2O)[C@H](O)[C@H]1O. The molecular formula is C19H25NO11Se. The van der Waals surface area contributed by atoms with Crippen LogP contribution >= 0.6 is 0 Å². The fourth-order valence-electron chi connectivity index (χ4n) is 3.92. The quantitative estimate of drug-likeness (QED) is 0.189. The zero-order valence-electron chi connectivity index (χ0n) is 16.6. The molecule has 1 aromatic heterocycles. The van der Waals surface area contributed by atoms with Crippen molar-refractivity contribution in [3.05, 3.63) is 34.6 Å². The van der Waals surface area contributed by atoms with Crippen molar-refractivity contribution in [3.8, 4) is 0 Å². The van der Waals surface area contributed by atoms with Crippen LogP contribution in [0.2, 0.25) is 0 Å². The number of hydrogen-bond acceptors (Lipinski definition) is 11. The van der Waals surface area contributed by atoms with Crippen molar-refractivity contribution in [2.24, 2.45) is 0 Å². The fourth-order valence-corrected chi connectivity index (χ4v) is 6.15. The molecule has 4 rings (SSSR count). The zero-order chi connectivity index (χ0) is 23.2. The fraction of sp³-hybridized carbons (Fsp3) is 0.632. The van der Waals surface area contributed by atoms with Crippen molar-refractivity contribution in [2.45, 2.75) is 61.3 Å². The first-order chi connectivity index (χ1) is 15.3. The molecule has 178 valence electrons. The van der Waals surface area contributed by atoms with Crippen molar-refractivity contribution in [1.82, 2.24) is 3.56 Å². The van der Waals surface area contributed by atoms with E-state index >= 15 is 0 Å². The molecule has 10 atom stereocenters. The first kappa shape index (κ1) is 24.0. The van der Waals surface area contributed by atoms with Gasteiger partial charge in [-0.15, -0.1) is 0 Å². The molecule has 13 heteroatoms. The molecule has 2 aromatic rings. The third kappa shape index (κ3) is 4.09. The third-order valence-corrected chi connectivity index (χ3v) is 8.08. The molecule has 2 aliphatic heterocycles. The second kappa shape index (κ2) is 9.58. The van der Waals surface area contributed by atoms with Crippen LogP contribution in [0.15, 0.2) is 29.1 Å². The van der Waals surface area contributed by atoms with E-state index in [1.54, 1.807) is 24.3 Å². The van der Waals surface area contributed by atoms with Gasteiger partial charge in [-0.1, -0.05) is 0 Å². The average Bonchev–Trinajstić information content (AvgIpc) is 3.13.